The van der Waals surface area contributed by atoms with Gasteiger partial charge in [-0.15, -0.1) is 0 Å². The van der Waals surface area contributed by atoms with Crippen molar-refractivity contribution < 1.29 is 4.79 Å². The van der Waals surface area contributed by atoms with Crippen LogP contribution in [0.5, 0.6) is 0 Å². The normalized spacial score (nSPS) is 23.7. The molecule has 0 atom stereocenters. The highest BCUT2D eigenvalue weighted by molar-refractivity contribution is 5.96. The predicted molar refractivity (Wildman–Crippen MR) is 85.0 cm³/mol. The van der Waals surface area contributed by atoms with Crippen LogP contribution < -0.4 is 5.32 Å². The number of amides is 1. The Morgan fingerprint density at radius 1 is 1.36 bits per heavy atom. The first-order valence-electron chi connectivity index (χ1n) is 8.72. The number of likely N-dealkylation sites (tertiary alicyclic amines) is 1. The fraction of sp³-hybridized carbons (Fsp3) is 0.765. The van der Waals surface area contributed by atoms with Crippen LogP contribution in [-0.2, 0) is 0 Å². The van der Waals surface area contributed by atoms with E-state index in [0.717, 1.165) is 30.0 Å². The Kier molecular flexibility index (Phi) is 3.48. The first-order chi connectivity index (χ1) is 10.7. The summed E-state index contributed by atoms with van der Waals surface area (Å²) in [6.07, 6.45) is 7.52. The highest BCUT2D eigenvalue weighted by Crippen LogP contribution is 2.46. The van der Waals surface area contributed by atoms with Crippen molar-refractivity contribution in [1.29, 1.82) is 0 Å². The van der Waals surface area contributed by atoms with Gasteiger partial charge in [-0.3, -0.25) is 9.89 Å². The minimum absolute atomic E-state index is 0.0702. The van der Waals surface area contributed by atoms with Crippen LogP contribution in [0.15, 0.2) is 0 Å². The van der Waals surface area contributed by atoms with Crippen LogP contribution >= 0.6 is 0 Å². The molecule has 2 aliphatic carbocycles. The molecule has 1 aliphatic heterocycles. The standard InChI is InChI=1S/C17H26N4O/c1-12-14(15(20-19-12)13-4-5-13)16(22)18-10-17(6-7-17)11-21-8-2-3-9-21/h13H,2-11H2,1H3,(H,18,22)(H,19,20). The molecule has 1 aromatic rings. The molecule has 4 rings (SSSR count). The highest BCUT2D eigenvalue weighted by Gasteiger charge is 2.44. The van der Waals surface area contributed by atoms with Gasteiger partial charge in [0, 0.05) is 30.1 Å². The van der Waals surface area contributed by atoms with Gasteiger partial charge in [-0.1, -0.05) is 0 Å². The maximum Gasteiger partial charge on any atom is 0.255 e. The first-order valence-corrected chi connectivity index (χ1v) is 8.72. The van der Waals surface area contributed by atoms with Gasteiger partial charge in [0.05, 0.1) is 11.3 Å². The molecule has 1 aromatic heterocycles. The predicted octanol–water partition coefficient (Wildman–Crippen LogP) is 2.20. The summed E-state index contributed by atoms with van der Waals surface area (Å²) in [4.78, 5) is 15.2. The molecule has 0 aromatic carbocycles. The third-order valence-electron chi connectivity index (χ3n) is 5.51. The summed E-state index contributed by atoms with van der Waals surface area (Å²) >= 11 is 0. The molecule has 5 heteroatoms. The lowest BCUT2D eigenvalue weighted by Gasteiger charge is -2.23. The first kappa shape index (κ1) is 14.2. The number of hydrogen-bond donors (Lipinski definition) is 2. The molecule has 0 unspecified atom stereocenters. The maximum absolute atomic E-state index is 12.6. The lowest BCUT2D eigenvalue weighted by Crippen LogP contribution is -2.37. The van der Waals surface area contributed by atoms with Gasteiger partial charge in [-0.2, -0.15) is 5.10 Å². The van der Waals surface area contributed by atoms with Gasteiger partial charge in [0.15, 0.2) is 0 Å². The molecule has 2 heterocycles. The molecule has 0 bridgehead atoms. The number of carbonyl (C=O) groups excluding carboxylic acids is 1. The zero-order chi connectivity index (χ0) is 15.2. The number of nitrogens with zero attached hydrogens (tertiary/aromatic N) is 2. The molecular formula is C17H26N4O. The topological polar surface area (TPSA) is 61.0 Å². The second-order valence-electron chi connectivity index (χ2n) is 7.55. The Bertz CT molecular complexity index is 565. The third-order valence-corrected chi connectivity index (χ3v) is 5.51. The second kappa shape index (κ2) is 5.37. The number of aromatic nitrogens is 2. The molecule has 2 saturated carbocycles. The average molecular weight is 302 g/mol. The third kappa shape index (κ3) is 2.78. The summed E-state index contributed by atoms with van der Waals surface area (Å²) in [5, 5.41) is 10.5. The zero-order valence-corrected chi connectivity index (χ0v) is 13.5. The summed E-state index contributed by atoms with van der Waals surface area (Å²) < 4.78 is 0. The van der Waals surface area contributed by atoms with E-state index in [0.29, 0.717) is 11.3 Å². The zero-order valence-electron chi connectivity index (χ0n) is 13.5. The monoisotopic (exact) mass is 302 g/mol. The quantitative estimate of drug-likeness (QED) is 0.847. The lowest BCUT2D eigenvalue weighted by molar-refractivity contribution is 0.0938. The van der Waals surface area contributed by atoms with Crippen molar-refractivity contribution in [2.45, 2.75) is 51.4 Å². The molecule has 1 amide bonds. The average Bonchev–Trinajstić information content (AvgIpc) is 3.40. The van der Waals surface area contributed by atoms with Crippen molar-refractivity contribution in [3.63, 3.8) is 0 Å². The van der Waals surface area contributed by atoms with Crippen molar-refractivity contribution in [2.24, 2.45) is 5.41 Å². The fourth-order valence-corrected chi connectivity index (χ4v) is 3.73. The van der Waals surface area contributed by atoms with E-state index < -0.39 is 0 Å². The number of H-pyrrole nitrogens is 1. The van der Waals surface area contributed by atoms with Crippen LogP contribution in [0.1, 0.15) is 66.2 Å². The van der Waals surface area contributed by atoms with Crippen LogP contribution in [0.2, 0.25) is 0 Å². The van der Waals surface area contributed by atoms with Gasteiger partial charge in [-0.25, -0.2) is 0 Å². The van der Waals surface area contributed by atoms with Gasteiger partial charge < -0.3 is 10.2 Å². The summed E-state index contributed by atoms with van der Waals surface area (Å²) in [5.74, 6) is 0.575. The molecule has 0 radical (unpaired) electrons. The summed E-state index contributed by atoms with van der Waals surface area (Å²) in [5.41, 5.74) is 3.04. The molecule has 22 heavy (non-hydrogen) atoms. The lowest BCUT2D eigenvalue weighted by atomic mass is 10.1. The maximum atomic E-state index is 12.6. The SMILES string of the molecule is Cc1[nH]nc(C2CC2)c1C(=O)NCC1(CN2CCCC2)CC1. The number of rotatable bonds is 6. The molecule has 1 saturated heterocycles. The Balaban J connectivity index is 1.37. The Labute approximate surface area is 131 Å². The number of aryl methyl sites for hydroxylation is 1. The minimum atomic E-state index is 0.0702. The van der Waals surface area contributed by atoms with Crippen molar-refractivity contribution in [2.75, 3.05) is 26.2 Å². The molecule has 3 fully saturated rings. The largest absolute Gasteiger partial charge is 0.351 e. The van der Waals surface area contributed by atoms with E-state index in [2.05, 4.69) is 20.4 Å². The second-order valence-corrected chi connectivity index (χ2v) is 7.55. The van der Waals surface area contributed by atoms with Crippen LogP contribution in [0.3, 0.4) is 0 Å². The summed E-state index contributed by atoms with van der Waals surface area (Å²) in [7, 11) is 0. The number of aromatic amines is 1. The highest BCUT2D eigenvalue weighted by atomic mass is 16.1. The van der Waals surface area contributed by atoms with Gasteiger partial charge in [-0.05, 0) is 58.5 Å². The van der Waals surface area contributed by atoms with E-state index in [1.807, 2.05) is 6.92 Å². The molecule has 2 N–H and O–H groups in total. The van der Waals surface area contributed by atoms with Crippen LogP contribution in [-0.4, -0.2) is 47.2 Å². The Hall–Kier alpha value is -1.36. The van der Waals surface area contributed by atoms with E-state index in [9.17, 15) is 4.79 Å². The van der Waals surface area contributed by atoms with E-state index in [4.69, 9.17) is 0 Å². The van der Waals surface area contributed by atoms with E-state index in [1.165, 1.54) is 51.6 Å². The van der Waals surface area contributed by atoms with Crippen LogP contribution in [0, 0.1) is 12.3 Å². The molecule has 5 nitrogen and oxygen atoms in total. The fourth-order valence-electron chi connectivity index (χ4n) is 3.73. The van der Waals surface area contributed by atoms with Crippen molar-refractivity contribution in [3.05, 3.63) is 17.0 Å². The van der Waals surface area contributed by atoms with Gasteiger partial charge >= 0.3 is 0 Å². The molecule has 3 aliphatic rings. The van der Waals surface area contributed by atoms with E-state index in [-0.39, 0.29) is 5.91 Å². The van der Waals surface area contributed by atoms with E-state index in [1.54, 1.807) is 0 Å². The van der Waals surface area contributed by atoms with Gasteiger partial charge in [0.25, 0.3) is 5.91 Å². The van der Waals surface area contributed by atoms with Crippen molar-refractivity contribution in [1.82, 2.24) is 20.4 Å². The number of hydrogen-bond acceptors (Lipinski definition) is 3. The smallest absolute Gasteiger partial charge is 0.255 e. The van der Waals surface area contributed by atoms with Crippen LogP contribution in [0.25, 0.3) is 0 Å². The summed E-state index contributed by atoms with van der Waals surface area (Å²) in [6.45, 7) is 6.40. The number of carbonyl (C=O) groups is 1. The van der Waals surface area contributed by atoms with Gasteiger partial charge in [0.2, 0.25) is 0 Å². The molecule has 0 spiro atoms. The van der Waals surface area contributed by atoms with Gasteiger partial charge in [0.1, 0.15) is 0 Å². The Morgan fingerprint density at radius 3 is 2.73 bits per heavy atom. The minimum Gasteiger partial charge on any atom is -0.351 e. The van der Waals surface area contributed by atoms with E-state index >= 15 is 0 Å². The number of nitrogens with one attached hydrogen (secondary N) is 2. The van der Waals surface area contributed by atoms with Crippen molar-refractivity contribution >= 4 is 5.91 Å². The summed E-state index contributed by atoms with van der Waals surface area (Å²) in [6, 6.07) is 0. The van der Waals surface area contributed by atoms with Crippen molar-refractivity contribution in [3.8, 4) is 0 Å². The molecular weight excluding hydrogens is 276 g/mol. The van der Waals surface area contributed by atoms with Crippen LogP contribution in [0.4, 0.5) is 0 Å². The molecule has 120 valence electrons. The Morgan fingerprint density at radius 2 is 2.09 bits per heavy atom.